The summed E-state index contributed by atoms with van der Waals surface area (Å²) in [6, 6.07) is 0. The highest BCUT2D eigenvalue weighted by Gasteiger charge is 2.13. The predicted octanol–water partition coefficient (Wildman–Crippen LogP) is 2.26. The maximum absolute atomic E-state index is 7.02. The van der Waals surface area contributed by atoms with Crippen LogP contribution >= 0.6 is 0 Å². The molecule has 2 nitrogen and oxygen atoms in total. The minimum atomic E-state index is -0.0146. The summed E-state index contributed by atoms with van der Waals surface area (Å²) in [6.45, 7) is 6.06. The molecule has 0 spiro atoms. The summed E-state index contributed by atoms with van der Waals surface area (Å²) in [7, 11) is 0. The van der Waals surface area contributed by atoms with Gasteiger partial charge in [-0.2, -0.15) is 0 Å². The van der Waals surface area contributed by atoms with E-state index >= 15 is 0 Å². The largest absolute Gasteiger partial charge is 0.309 e. The summed E-state index contributed by atoms with van der Waals surface area (Å²) in [5.41, 5.74) is 0.863. The fourth-order valence-electron chi connectivity index (χ4n) is 0.604. The van der Waals surface area contributed by atoms with E-state index < -0.39 is 0 Å². The first-order chi connectivity index (χ1) is 4.52. The van der Waals surface area contributed by atoms with E-state index in [0.29, 0.717) is 0 Å². The lowest BCUT2D eigenvalue weighted by Crippen LogP contribution is -2.10. The highest BCUT2D eigenvalue weighted by molar-refractivity contribution is 5.85. The molecule has 0 heterocycles. The zero-order chi connectivity index (χ0) is 8.20. The topological polar surface area (TPSA) is 47.7 Å². The highest BCUT2D eigenvalue weighted by Crippen LogP contribution is 2.22. The van der Waals surface area contributed by atoms with Gasteiger partial charge in [0.2, 0.25) is 0 Å². The molecule has 0 rings (SSSR count). The third kappa shape index (κ3) is 2.58. The van der Waals surface area contributed by atoms with Crippen molar-refractivity contribution in [2.75, 3.05) is 0 Å². The number of rotatable bonds is 2. The second kappa shape index (κ2) is 3.30. The summed E-state index contributed by atoms with van der Waals surface area (Å²) < 4.78 is 0. The molecule has 56 valence electrons. The van der Waals surface area contributed by atoms with Crippen LogP contribution in [0.3, 0.4) is 0 Å². The molecule has 0 aliphatic heterocycles. The first-order valence-electron chi connectivity index (χ1n) is 3.24. The van der Waals surface area contributed by atoms with Crippen molar-refractivity contribution in [3.63, 3.8) is 0 Å². The van der Waals surface area contributed by atoms with Gasteiger partial charge in [-0.05, 0) is 17.1 Å². The summed E-state index contributed by atoms with van der Waals surface area (Å²) in [5, 5.41) is 13.8. The second-order valence-electron chi connectivity index (χ2n) is 3.18. The van der Waals surface area contributed by atoms with E-state index in [1.807, 2.05) is 20.8 Å². The molecule has 0 unspecified atom stereocenters. The summed E-state index contributed by atoms with van der Waals surface area (Å²) in [5.74, 6) is 0. The van der Waals surface area contributed by atoms with Gasteiger partial charge < -0.3 is 10.8 Å². The maximum atomic E-state index is 7.02. The van der Waals surface area contributed by atoms with Crippen molar-refractivity contribution in [3.05, 3.63) is 11.6 Å². The van der Waals surface area contributed by atoms with Crippen molar-refractivity contribution < 1.29 is 0 Å². The van der Waals surface area contributed by atoms with Gasteiger partial charge in [-0.3, -0.25) is 0 Å². The number of allylic oxidation sites excluding steroid dienone is 2. The molecule has 0 radical (unpaired) electrons. The second-order valence-corrected chi connectivity index (χ2v) is 3.18. The molecule has 0 aromatic rings. The Morgan fingerprint density at radius 2 is 1.70 bits per heavy atom. The van der Waals surface area contributed by atoms with Gasteiger partial charge in [-0.25, -0.2) is 0 Å². The fraction of sp³-hybridized carbons (Fsp3) is 0.500. The highest BCUT2D eigenvalue weighted by atomic mass is 14.4. The van der Waals surface area contributed by atoms with Gasteiger partial charge in [0, 0.05) is 12.4 Å². The smallest absolute Gasteiger partial charge is 0.0215 e. The zero-order valence-electron chi connectivity index (χ0n) is 6.73. The molecule has 0 aromatic heterocycles. The lowest BCUT2D eigenvalue weighted by Gasteiger charge is -2.18. The van der Waals surface area contributed by atoms with E-state index in [2.05, 4.69) is 0 Å². The molecule has 10 heavy (non-hydrogen) atoms. The predicted molar refractivity (Wildman–Crippen MR) is 45.1 cm³/mol. The Bertz CT molecular complexity index is 161. The van der Waals surface area contributed by atoms with E-state index in [-0.39, 0.29) is 5.41 Å². The number of nitrogens with one attached hydrogen (secondary N) is 2. The average molecular weight is 138 g/mol. The van der Waals surface area contributed by atoms with Crippen LogP contribution in [0.4, 0.5) is 0 Å². The van der Waals surface area contributed by atoms with Gasteiger partial charge >= 0.3 is 0 Å². The van der Waals surface area contributed by atoms with Gasteiger partial charge in [0.15, 0.2) is 0 Å². The van der Waals surface area contributed by atoms with Gasteiger partial charge in [-0.15, -0.1) is 0 Å². The van der Waals surface area contributed by atoms with Gasteiger partial charge in [0.05, 0.1) is 0 Å². The van der Waals surface area contributed by atoms with E-state index in [1.165, 1.54) is 12.4 Å². The molecule has 0 amide bonds. The Balaban J connectivity index is 4.51. The molecule has 0 bridgehead atoms. The van der Waals surface area contributed by atoms with Crippen LogP contribution < -0.4 is 0 Å². The normalized spacial score (nSPS) is 12.9. The Morgan fingerprint density at radius 3 is 1.80 bits per heavy atom. The van der Waals surface area contributed by atoms with Crippen molar-refractivity contribution >= 4 is 12.4 Å². The van der Waals surface area contributed by atoms with Crippen LogP contribution in [-0.4, -0.2) is 12.4 Å². The van der Waals surface area contributed by atoms with Crippen LogP contribution in [0.5, 0.6) is 0 Å². The summed E-state index contributed by atoms with van der Waals surface area (Å²) in [6.07, 6.45) is 4.16. The average Bonchev–Trinajstić information content (AvgIpc) is 1.80. The van der Waals surface area contributed by atoms with Crippen molar-refractivity contribution in [3.8, 4) is 0 Å². The SMILES string of the molecule is CC(C)(C)/C(C=N)=C/C=N. The molecule has 0 aromatic carbocycles. The van der Waals surface area contributed by atoms with Crippen LogP contribution in [0, 0.1) is 16.2 Å². The lowest BCUT2D eigenvalue weighted by molar-refractivity contribution is 0.527. The Labute approximate surface area is 62.0 Å². The summed E-state index contributed by atoms with van der Waals surface area (Å²) >= 11 is 0. The summed E-state index contributed by atoms with van der Waals surface area (Å²) in [4.78, 5) is 0. The fourth-order valence-corrected chi connectivity index (χ4v) is 0.604. The van der Waals surface area contributed by atoms with Crippen molar-refractivity contribution in [2.24, 2.45) is 5.41 Å². The van der Waals surface area contributed by atoms with E-state index in [4.69, 9.17) is 10.8 Å². The Kier molecular flexibility index (Phi) is 3.00. The standard InChI is InChI=1S/C8H14N2/c1-8(2,3)7(6-10)4-5-9/h4-6,9-10H,1-3H3/b7-4+,9-5?,10-6?. The van der Waals surface area contributed by atoms with E-state index in [0.717, 1.165) is 5.57 Å². The van der Waals surface area contributed by atoms with Crippen molar-refractivity contribution in [1.82, 2.24) is 0 Å². The first kappa shape index (κ1) is 9.08. The molecule has 0 saturated heterocycles. The third-order valence-electron chi connectivity index (χ3n) is 1.28. The molecule has 0 saturated carbocycles. The molecular weight excluding hydrogens is 124 g/mol. The maximum Gasteiger partial charge on any atom is 0.0215 e. The lowest BCUT2D eigenvalue weighted by atomic mass is 9.87. The van der Waals surface area contributed by atoms with Crippen LogP contribution in [-0.2, 0) is 0 Å². The minimum absolute atomic E-state index is 0.0146. The van der Waals surface area contributed by atoms with Crippen LogP contribution in [0.25, 0.3) is 0 Å². The monoisotopic (exact) mass is 138 g/mol. The molecular formula is C8H14N2. The van der Waals surface area contributed by atoms with Gasteiger partial charge in [-0.1, -0.05) is 20.8 Å². The molecule has 2 N–H and O–H groups in total. The number of hydrogen-bond donors (Lipinski definition) is 2. The molecule has 0 atom stereocenters. The third-order valence-corrected chi connectivity index (χ3v) is 1.28. The Morgan fingerprint density at radius 1 is 1.20 bits per heavy atom. The first-order valence-corrected chi connectivity index (χ1v) is 3.24. The molecule has 0 aliphatic rings. The quantitative estimate of drug-likeness (QED) is 0.550. The van der Waals surface area contributed by atoms with Crippen LogP contribution in [0.2, 0.25) is 0 Å². The van der Waals surface area contributed by atoms with Gasteiger partial charge in [0.1, 0.15) is 0 Å². The Hall–Kier alpha value is -0.920. The van der Waals surface area contributed by atoms with E-state index in [1.54, 1.807) is 6.08 Å². The molecule has 0 fully saturated rings. The zero-order valence-corrected chi connectivity index (χ0v) is 6.73. The van der Waals surface area contributed by atoms with Crippen molar-refractivity contribution in [1.29, 1.82) is 10.8 Å². The van der Waals surface area contributed by atoms with Crippen LogP contribution in [0.1, 0.15) is 20.8 Å². The molecule has 2 heteroatoms. The van der Waals surface area contributed by atoms with E-state index in [9.17, 15) is 0 Å². The van der Waals surface area contributed by atoms with Crippen LogP contribution in [0.15, 0.2) is 11.6 Å². The van der Waals surface area contributed by atoms with Gasteiger partial charge in [0.25, 0.3) is 0 Å². The minimum Gasteiger partial charge on any atom is -0.309 e. The number of hydrogen-bond acceptors (Lipinski definition) is 2. The molecule has 0 aliphatic carbocycles. The van der Waals surface area contributed by atoms with Crippen molar-refractivity contribution in [2.45, 2.75) is 20.8 Å².